The number of benzene rings is 2. The maximum Gasteiger partial charge on any atom is 0.342 e. The second-order valence-corrected chi connectivity index (χ2v) is 8.33. The lowest BCUT2D eigenvalue weighted by Gasteiger charge is -2.08. The van der Waals surface area contributed by atoms with Crippen molar-refractivity contribution < 1.29 is 13.2 Å². The number of nitrogens with one attached hydrogen (secondary N) is 1. The second kappa shape index (κ2) is 7.85. The molecule has 0 aliphatic heterocycles. The third-order valence-electron chi connectivity index (χ3n) is 4.50. The predicted molar refractivity (Wildman–Crippen MR) is 105 cm³/mol. The molecule has 0 aliphatic carbocycles. The Bertz CT molecular complexity index is 1160. The summed E-state index contributed by atoms with van der Waals surface area (Å²) in [5, 5.41) is 2.71. The predicted octanol–water partition coefficient (Wildman–Crippen LogP) is 1.82. The Balaban J connectivity index is 1.77. The van der Waals surface area contributed by atoms with Gasteiger partial charge in [0.25, 0.3) is 10.0 Å². The van der Waals surface area contributed by atoms with Crippen LogP contribution in [0.25, 0.3) is 0 Å². The first-order chi connectivity index (χ1) is 13.3. The number of aryl methyl sites for hydroxylation is 2. The molecule has 0 bridgehead atoms. The molecule has 3 rings (SSSR count). The van der Waals surface area contributed by atoms with E-state index in [1.54, 1.807) is 13.0 Å². The van der Waals surface area contributed by atoms with Gasteiger partial charge in [0.1, 0.15) is 6.54 Å². The zero-order chi connectivity index (χ0) is 20.3. The lowest BCUT2D eigenvalue weighted by Crippen LogP contribution is -2.34. The maximum absolute atomic E-state index is 12.8. The summed E-state index contributed by atoms with van der Waals surface area (Å²) in [7, 11) is -4.03. The number of nitrogens with zero attached hydrogens (tertiary/aromatic N) is 2. The minimum absolute atomic E-state index is 0.0315. The number of hydrogen-bond donors (Lipinski definition) is 1. The van der Waals surface area contributed by atoms with E-state index in [9.17, 15) is 18.0 Å². The Kier molecular flexibility index (Phi) is 5.51. The van der Waals surface area contributed by atoms with E-state index < -0.39 is 15.7 Å². The van der Waals surface area contributed by atoms with Crippen molar-refractivity contribution in [2.45, 2.75) is 31.8 Å². The Morgan fingerprint density at radius 2 is 1.71 bits per heavy atom. The van der Waals surface area contributed by atoms with Crippen LogP contribution in [0.5, 0.6) is 0 Å². The van der Waals surface area contributed by atoms with Gasteiger partial charge in [0.2, 0.25) is 5.91 Å². The van der Waals surface area contributed by atoms with E-state index in [1.807, 2.05) is 37.3 Å². The van der Waals surface area contributed by atoms with E-state index in [-0.39, 0.29) is 17.3 Å². The summed E-state index contributed by atoms with van der Waals surface area (Å²) in [5.74, 6) is -0.382. The van der Waals surface area contributed by atoms with Crippen LogP contribution in [0.3, 0.4) is 0 Å². The first-order valence-corrected chi connectivity index (χ1v) is 10.1. The average Bonchev–Trinajstić information content (AvgIpc) is 3.04. The van der Waals surface area contributed by atoms with E-state index in [2.05, 4.69) is 5.32 Å². The lowest BCUT2D eigenvalue weighted by atomic mass is 10.1. The topological polar surface area (TPSA) is 90.2 Å². The van der Waals surface area contributed by atoms with Gasteiger partial charge in [-0.15, -0.1) is 0 Å². The van der Waals surface area contributed by atoms with Crippen LogP contribution in [0.2, 0.25) is 0 Å². The summed E-state index contributed by atoms with van der Waals surface area (Å²) in [6, 6.07) is 14.0. The molecule has 7 nitrogen and oxygen atoms in total. The zero-order valence-electron chi connectivity index (χ0n) is 15.6. The van der Waals surface area contributed by atoms with E-state index in [4.69, 9.17) is 0 Å². The van der Waals surface area contributed by atoms with Crippen LogP contribution in [0, 0.1) is 13.8 Å². The fourth-order valence-electron chi connectivity index (χ4n) is 2.69. The minimum Gasteiger partial charge on any atom is -0.350 e. The van der Waals surface area contributed by atoms with Crippen LogP contribution in [0.1, 0.15) is 16.7 Å². The van der Waals surface area contributed by atoms with Gasteiger partial charge in [-0.25, -0.2) is 13.2 Å². The summed E-state index contributed by atoms with van der Waals surface area (Å²) in [6.45, 7) is 3.75. The fraction of sp³-hybridized carbons (Fsp3) is 0.200. The smallest absolute Gasteiger partial charge is 0.342 e. The Morgan fingerprint density at radius 1 is 1.00 bits per heavy atom. The van der Waals surface area contributed by atoms with Crippen LogP contribution in [-0.2, 0) is 27.9 Å². The van der Waals surface area contributed by atoms with Gasteiger partial charge in [0.15, 0.2) is 0 Å². The summed E-state index contributed by atoms with van der Waals surface area (Å²) in [5.41, 5.74) is 1.92. The molecule has 8 heteroatoms. The van der Waals surface area contributed by atoms with E-state index in [1.165, 1.54) is 18.3 Å². The third kappa shape index (κ3) is 4.07. The van der Waals surface area contributed by atoms with Gasteiger partial charge < -0.3 is 5.32 Å². The van der Waals surface area contributed by atoms with Crippen LogP contribution in [-0.4, -0.2) is 22.9 Å². The van der Waals surface area contributed by atoms with Gasteiger partial charge in [-0.3, -0.25) is 9.36 Å². The highest BCUT2D eigenvalue weighted by Crippen LogP contribution is 2.16. The highest BCUT2D eigenvalue weighted by molar-refractivity contribution is 7.90. The standard InChI is InChI=1S/C20H21N3O4S/c1-15-8-9-18(12-16(15)2)28(26,27)23-11-10-22(20(23)25)14-19(24)21-13-17-6-4-3-5-7-17/h3-12H,13-14H2,1-2H3,(H,21,24). The Labute approximate surface area is 163 Å². The largest absolute Gasteiger partial charge is 0.350 e. The normalized spacial score (nSPS) is 11.4. The molecule has 1 heterocycles. The minimum atomic E-state index is -4.03. The molecule has 1 amide bonds. The van der Waals surface area contributed by atoms with Crippen molar-refractivity contribution in [3.63, 3.8) is 0 Å². The SMILES string of the molecule is Cc1ccc(S(=O)(=O)n2ccn(CC(=O)NCc3ccccc3)c2=O)cc1C. The monoisotopic (exact) mass is 399 g/mol. The first-order valence-electron chi connectivity index (χ1n) is 8.70. The van der Waals surface area contributed by atoms with Gasteiger partial charge in [0, 0.05) is 18.9 Å². The molecule has 0 aliphatic rings. The highest BCUT2D eigenvalue weighted by atomic mass is 32.2. The van der Waals surface area contributed by atoms with E-state index in [0.29, 0.717) is 10.5 Å². The molecule has 0 saturated heterocycles. The highest BCUT2D eigenvalue weighted by Gasteiger charge is 2.21. The number of rotatable bonds is 6. The van der Waals surface area contributed by atoms with Crippen molar-refractivity contribution in [2.24, 2.45) is 0 Å². The molecule has 0 unspecified atom stereocenters. The fourth-order valence-corrected chi connectivity index (χ4v) is 4.01. The summed E-state index contributed by atoms with van der Waals surface area (Å²) in [6.07, 6.45) is 2.46. The molecule has 1 N–H and O–H groups in total. The summed E-state index contributed by atoms with van der Waals surface area (Å²) >= 11 is 0. The number of carbonyl (C=O) groups is 1. The molecule has 28 heavy (non-hydrogen) atoms. The number of aromatic nitrogens is 2. The molecule has 0 fully saturated rings. The summed E-state index contributed by atoms with van der Waals surface area (Å²) < 4.78 is 27.3. The van der Waals surface area contributed by atoms with Crippen LogP contribution < -0.4 is 11.0 Å². The van der Waals surface area contributed by atoms with Crippen molar-refractivity contribution in [1.82, 2.24) is 13.9 Å². The quantitative estimate of drug-likeness (QED) is 0.685. The molecular formula is C20H21N3O4S. The van der Waals surface area contributed by atoms with Crippen molar-refractivity contribution in [3.8, 4) is 0 Å². The molecule has 0 radical (unpaired) electrons. The molecule has 0 spiro atoms. The Morgan fingerprint density at radius 3 is 2.39 bits per heavy atom. The maximum atomic E-state index is 12.8. The van der Waals surface area contributed by atoms with Crippen LogP contribution in [0.4, 0.5) is 0 Å². The van der Waals surface area contributed by atoms with Gasteiger partial charge in [-0.05, 0) is 42.7 Å². The van der Waals surface area contributed by atoms with Crippen LogP contribution >= 0.6 is 0 Å². The molecule has 0 saturated carbocycles. The van der Waals surface area contributed by atoms with Crippen molar-refractivity contribution in [2.75, 3.05) is 0 Å². The molecule has 3 aromatic rings. The average molecular weight is 399 g/mol. The number of imidazole rings is 1. The van der Waals surface area contributed by atoms with Gasteiger partial charge in [-0.2, -0.15) is 3.97 Å². The van der Waals surface area contributed by atoms with Gasteiger partial charge in [0.05, 0.1) is 4.90 Å². The third-order valence-corrected chi connectivity index (χ3v) is 6.14. The molecule has 146 valence electrons. The van der Waals surface area contributed by atoms with E-state index >= 15 is 0 Å². The molecule has 1 aromatic heterocycles. The number of amides is 1. The van der Waals surface area contributed by atoms with Crippen molar-refractivity contribution >= 4 is 15.9 Å². The Hall–Kier alpha value is -3.13. The van der Waals surface area contributed by atoms with Crippen molar-refractivity contribution in [1.29, 1.82) is 0 Å². The first kappa shape index (κ1) is 19.6. The second-order valence-electron chi connectivity index (χ2n) is 6.52. The molecule has 2 aromatic carbocycles. The van der Waals surface area contributed by atoms with Crippen LogP contribution in [0.15, 0.2) is 70.6 Å². The van der Waals surface area contributed by atoms with Gasteiger partial charge in [-0.1, -0.05) is 36.4 Å². The summed E-state index contributed by atoms with van der Waals surface area (Å²) in [4.78, 5) is 24.7. The van der Waals surface area contributed by atoms with Gasteiger partial charge >= 0.3 is 5.69 Å². The van der Waals surface area contributed by atoms with E-state index in [0.717, 1.165) is 27.5 Å². The molecule has 0 atom stereocenters. The number of hydrogen-bond acceptors (Lipinski definition) is 4. The number of carbonyl (C=O) groups excluding carboxylic acids is 1. The zero-order valence-corrected chi connectivity index (χ0v) is 16.4. The van der Waals surface area contributed by atoms with Crippen molar-refractivity contribution in [3.05, 3.63) is 88.1 Å². The lowest BCUT2D eigenvalue weighted by molar-refractivity contribution is -0.121. The molecular weight excluding hydrogens is 378 g/mol.